The van der Waals surface area contributed by atoms with Crippen molar-refractivity contribution < 1.29 is 36.8 Å². The topological polar surface area (TPSA) is 116 Å². The van der Waals surface area contributed by atoms with Crippen LogP contribution in [0.15, 0.2) is 36.7 Å². The SMILES string of the molecule is C[C@H](NC(=O)[C@H]1C[C@H](Cc2ccc(F)c(Cl)c2)CN1OC(=O)C(F)(F)F)C(=O)NCc1cnc2[nH]cc(Cl)c2c1. The van der Waals surface area contributed by atoms with Crippen molar-refractivity contribution in [3.8, 4) is 0 Å². The Morgan fingerprint density at radius 3 is 2.65 bits per heavy atom. The third kappa shape index (κ3) is 7.01. The highest BCUT2D eigenvalue weighted by Crippen LogP contribution is 2.30. The van der Waals surface area contributed by atoms with Crippen LogP contribution in [0.2, 0.25) is 10.0 Å². The largest absolute Gasteiger partial charge is 0.492 e. The van der Waals surface area contributed by atoms with Crippen molar-refractivity contribution in [3.05, 3.63) is 63.6 Å². The number of alkyl halides is 3. The Balaban J connectivity index is 1.39. The standard InChI is InChI=1S/C25H23Cl2F4N5O4/c1-12(22(37)34-9-15-5-16-18(27)10-33-21(16)32-8-15)35-23(38)20-7-14(4-13-2-3-19(28)17(26)6-13)11-36(20)40-24(39)25(29,30)31/h2-3,5-6,8,10,12,14,20H,4,7,9,11H2,1H3,(H,32,33)(H,34,37)(H,35,38)/t12-,14-,20+/m0/s1. The van der Waals surface area contributed by atoms with Gasteiger partial charge in [0.1, 0.15) is 23.5 Å². The lowest BCUT2D eigenvalue weighted by Crippen LogP contribution is -2.51. The molecule has 1 aliphatic heterocycles. The molecule has 1 aliphatic rings. The normalized spacial score (nSPS) is 18.5. The fourth-order valence-electron chi connectivity index (χ4n) is 4.36. The van der Waals surface area contributed by atoms with Crippen LogP contribution >= 0.6 is 23.2 Å². The van der Waals surface area contributed by atoms with Gasteiger partial charge in [-0.3, -0.25) is 9.59 Å². The lowest BCUT2D eigenvalue weighted by molar-refractivity contribution is -0.240. The Morgan fingerprint density at radius 2 is 1.95 bits per heavy atom. The average molecular weight is 604 g/mol. The van der Waals surface area contributed by atoms with Gasteiger partial charge in [-0.25, -0.2) is 14.2 Å². The molecule has 4 rings (SSSR count). The van der Waals surface area contributed by atoms with E-state index >= 15 is 0 Å². The zero-order valence-electron chi connectivity index (χ0n) is 20.8. The van der Waals surface area contributed by atoms with Crippen LogP contribution in [0.1, 0.15) is 24.5 Å². The molecule has 214 valence electrons. The molecule has 9 nitrogen and oxygen atoms in total. The minimum absolute atomic E-state index is 0.00339. The van der Waals surface area contributed by atoms with E-state index in [2.05, 4.69) is 25.4 Å². The van der Waals surface area contributed by atoms with Crippen LogP contribution < -0.4 is 10.6 Å². The maximum absolute atomic E-state index is 13.5. The number of hydroxylamine groups is 2. The Hall–Kier alpha value is -3.42. The Labute approximate surface area is 235 Å². The third-order valence-corrected chi connectivity index (χ3v) is 6.94. The van der Waals surface area contributed by atoms with Gasteiger partial charge in [0.25, 0.3) is 0 Å². The molecule has 2 aromatic heterocycles. The molecule has 1 fully saturated rings. The Bertz CT molecular complexity index is 1430. The van der Waals surface area contributed by atoms with E-state index in [1.165, 1.54) is 19.1 Å². The number of aromatic nitrogens is 2. The molecule has 3 atom stereocenters. The van der Waals surface area contributed by atoms with E-state index in [9.17, 15) is 31.9 Å². The summed E-state index contributed by atoms with van der Waals surface area (Å²) < 4.78 is 52.1. The van der Waals surface area contributed by atoms with E-state index in [1.54, 1.807) is 18.5 Å². The first-order valence-electron chi connectivity index (χ1n) is 12.0. The van der Waals surface area contributed by atoms with E-state index in [4.69, 9.17) is 23.2 Å². The summed E-state index contributed by atoms with van der Waals surface area (Å²) in [6, 6.07) is 3.36. The molecule has 0 aliphatic carbocycles. The third-order valence-electron chi connectivity index (χ3n) is 6.34. The van der Waals surface area contributed by atoms with Crippen LogP contribution in [0, 0.1) is 11.7 Å². The van der Waals surface area contributed by atoms with Crippen molar-refractivity contribution in [1.82, 2.24) is 25.7 Å². The van der Waals surface area contributed by atoms with Gasteiger partial charge < -0.3 is 20.5 Å². The van der Waals surface area contributed by atoms with Crippen LogP contribution in [0.3, 0.4) is 0 Å². The number of amides is 2. The molecule has 1 aromatic carbocycles. The molecule has 2 amide bonds. The zero-order valence-corrected chi connectivity index (χ0v) is 22.3. The number of nitrogens with one attached hydrogen (secondary N) is 3. The Kier molecular flexibility index (Phi) is 8.86. The van der Waals surface area contributed by atoms with Crippen molar-refractivity contribution in [2.24, 2.45) is 5.92 Å². The summed E-state index contributed by atoms with van der Waals surface area (Å²) in [7, 11) is 0. The maximum atomic E-state index is 13.5. The van der Waals surface area contributed by atoms with Gasteiger partial charge in [-0.05, 0) is 55.0 Å². The molecule has 0 bridgehead atoms. The van der Waals surface area contributed by atoms with E-state index in [-0.39, 0.29) is 31.0 Å². The summed E-state index contributed by atoms with van der Waals surface area (Å²) in [5.41, 5.74) is 1.81. The number of pyridine rings is 1. The van der Waals surface area contributed by atoms with Crippen molar-refractivity contribution in [2.45, 2.75) is 44.6 Å². The molecule has 0 spiro atoms. The minimum Gasteiger partial charge on any atom is -0.360 e. The van der Waals surface area contributed by atoms with E-state index in [1.807, 2.05) is 0 Å². The van der Waals surface area contributed by atoms with Gasteiger partial charge in [0.15, 0.2) is 0 Å². The predicted molar refractivity (Wildman–Crippen MR) is 136 cm³/mol. The number of hydrogen-bond donors (Lipinski definition) is 3. The van der Waals surface area contributed by atoms with E-state index in [0.717, 1.165) is 6.07 Å². The molecule has 0 saturated carbocycles. The molecule has 1 saturated heterocycles. The first kappa shape index (κ1) is 29.6. The fourth-order valence-corrected chi connectivity index (χ4v) is 4.76. The van der Waals surface area contributed by atoms with Gasteiger partial charge >= 0.3 is 12.1 Å². The summed E-state index contributed by atoms with van der Waals surface area (Å²) in [4.78, 5) is 48.8. The number of nitrogens with zero attached hydrogens (tertiary/aromatic N) is 2. The molecule has 0 unspecified atom stereocenters. The second kappa shape index (κ2) is 12.0. The van der Waals surface area contributed by atoms with Gasteiger partial charge in [0, 0.05) is 30.9 Å². The zero-order chi connectivity index (χ0) is 29.2. The predicted octanol–water partition coefficient (Wildman–Crippen LogP) is 4.08. The fraction of sp³-hybridized carbons (Fsp3) is 0.360. The summed E-state index contributed by atoms with van der Waals surface area (Å²) in [6.45, 7) is 1.27. The first-order valence-corrected chi connectivity index (χ1v) is 12.8. The molecular formula is C25H23Cl2F4N5O4. The molecular weight excluding hydrogens is 581 g/mol. The second-order valence-corrected chi connectivity index (χ2v) is 10.2. The molecule has 3 N–H and O–H groups in total. The highest BCUT2D eigenvalue weighted by molar-refractivity contribution is 6.35. The minimum atomic E-state index is -5.28. The number of carbonyl (C=O) groups is 3. The molecule has 15 heteroatoms. The number of rotatable bonds is 8. The molecule has 0 radical (unpaired) electrons. The molecule has 3 aromatic rings. The van der Waals surface area contributed by atoms with Crippen molar-refractivity contribution in [3.63, 3.8) is 0 Å². The van der Waals surface area contributed by atoms with Gasteiger partial charge in [0.05, 0.1) is 10.0 Å². The first-order chi connectivity index (χ1) is 18.8. The second-order valence-electron chi connectivity index (χ2n) is 9.37. The number of aromatic amines is 1. The maximum Gasteiger partial charge on any atom is 0.492 e. The quantitative estimate of drug-likeness (QED) is 0.334. The number of H-pyrrole nitrogens is 1. The van der Waals surface area contributed by atoms with Crippen molar-refractivity contribution in [1.29, 1.82) is 0 Å². The molecule has 3 heterocycles. The lowest BCUT2D eigenvalue weighted by Gasteiger charge is -2.24. The lowest BCUT2D eigenvalue weighted by atomic mass is 9.96. The Morgan fingerprint density at radius 1 is 1.20 bits per heavy atom. The van der Waals surface area contributed by atoms with Crippen LogP contribution in [0.25, 0.3) is 11.0 Å². The van der Waals surface area contributed by atoms with E-state index < -0.39 is 47.8 Å². The van der Waals surface area contributed by atoms with Crippen LogP contribution in [0.4, 0.5) is 17.6 Å². The highest BCUT2D eigenvalue weighted by Gasteiger charge is 2.47. The summed E-state index contributed by atoms with van der Waals surface area (Å²) >= 11 is 11.9. The van der Waals surface area contributed by atoms with Crippen molar-refractivity contribution in [2.75, 3.05) is 6.54 Å². The van der Waals surface area contributed by atoms with E-state index in [0.29, 0.717) is 32.2 Å². The number of benzene rings is 1. The summed E-state index contributed by atoms with van der Waals surface area (Å²) in [6.07, 6.45) is -1.93. The van der Waals surface area contributed by atoms with Crippen LogP contribution in [-0.2, 0) is 32.2 Å². The average Bonchev–Trinajstić information content (AvgIpc) is 3.46. The van der Waals surface area contributed by atoms with Crippen LogP contribution in [0.5, 0.6) is 0 Å². The van der Waals surface area contributed by atoms with Gasteiger partial charge in [-0.15, -0.1) is 5.06 Å². The summed E-state index contributed by atoms with van der Waals surface area (Å²) in [5, 5.41) is 6.77. The van der Waals surface area contributed by atoms with Crippen molar-refractivity contribution >= 4 is 52.0 Å². The number of hydrogen-bond acceptors (Lipinski definition) is 6. The highest BCUT2D eigenvalue weighted by atomic mass is 35.5. The number of fused-ring (bicyclic) bond motifs is 1. The number of halogens is 6. The number of carbonyl (C=O) groups excluding carboxylic acids is 3. The van der Waals surface area contributed by atoms with Gasteiger partial charge in [0.2, 0.25) is 11.8 Å². The van der Waals surface area contributed by atoms with Crippen LogP contribution in [-0.4, -0.2) is 57.6 Å². The molecule has 40 heavy (non-hydrogen) atoms. The van der Waals surface area contributed by atoms with Gasteiger partial charge in [-0.1, -0.05) is 29.3 Å². The van der Waals surface area contributed by atoms with Gasteiger partial charge in [-0.2, -0.15) is 13.2 Å². The summed E-state index contributed by atoms with van der Waals surface area (Å²) in [5.74, 6) is -4.92. The monoisotopic (exact) mass is 603 g/mol. The smallest absolute Gasteiger partial charge is 0.360 e.